The summed E-state index contributed by atoms with van der Waals surface area (Å²) in [5.74, 6) is -0.277. The van der Waals surface area contributed by atoms with Crippen LogP contribution in [0.4, 0.5) is 15.8 Å². The van der Waals surface area contributed by atoms with E-state index in [0.717, 1.165) is 5.69 Å². The second-order valence-electron chi connectivity index (χ2n) is 4.53. The van der Waals surface area contributed by atoms with Crippen LogP contribution in [0, 0.1) is 15.9 Å². The maximum atomic E-state index is 12.8. The number of para-hydroxylation sites is 1. The fourth-order valence-electron chi connectivity index (χ4n) is 2.01. The Morgan fingerprint density at radius 1 is 1.14 bits per heavy atom. The van der Waals surface area contributed by atoms with Crippen LogP contribution < -0.4 is 4.90 Å². The van der Waals surface area contributed by atoms with Crippen LogP contribution >= 0.6 is 12.4 Å². The first-order chi connectivity index (χ1) is 9.58. The first-order valence-corrected chi connectivity index (χ1v) is 6.27. The molecule has 0 amide bonds. The Morgan fingerprint density at radius 3 is 2.38 bits per heavy atom. The molecule has 0 aliphatic carbocycles. The lowest BCUT2D eigenvalue weighted by Gasteiger charge is -2.19. The number of halogens is 2. The van der Waals surface area contributed by atoms with Crippen LogP contribution in [0.1, 0.15) is 5.56 Å². The summed E-state index contributed by atoms with van der Waals surface area (Å²) in [6.07, 6.45) is 0.561. The zero-order valence-corrected chi connectivity index (χ0v) is 12.3. The van der Waals surface area contributed by atoms with E-state index < -0.39 is 0 Å². The molecule has 2 aromatic carbocycles. The number of nitrogens with zero attached hydrogens (tertiary/aromatic N) is 2. The van der Waals surface area contributed by atoms with Gasteiger partial charge < -0.3 is 4.90 Å². The first-order valence-electron chi connectivity index (χ1n) is 6.27. The number of likely N-dealkylation sites (N-methyl/N-ethyl adjacent to an activating group) is 1. The predicted molar refractivity (Wildman–Crippen MR) is 83.7 cm³/mol. The molecular weight excluding hydrogens is 295 g/mol. The molecule has 21 heavy (non-hydrogen) atoms. The minimum Gasteiger partial charge on any atom is -0.374 e. The molecule has 0 bridgehead atoms. The van der Waals surface area contributed by atoms with Gasteiger partial charge in [-0.15, -0.1) is 12.4 Å². The third-order valence-electron chi connectivity index (χ3n) is 3.17. The van der Waals surface area contributed by atoms with Crippen molar-refractivity contribution in [2.45, 2.75) is 6.42 Å². The minimum atomic E-state index is -0.368. The largest absolute Gasteiger partial charge is 0.374 e. The summed E-state index contributed by atoms with van der Waals surface area (Å²) in [5.41, 5.74) is 1.72. The standard InChI is InChI=1S/C15H15FN2O2.ClH/c1-17(14-8-6-13(16)7-9-14)11-10-12-4-2-3-5-15(12)18(19)20;/h2-9H,10-11H2,1H3;1H. The van der Waals surface area contributed by atoms with Gasteiger partial charge in [-0.25, -0.2) is 4.39 Å². The Kier molecular flexibility index (Phi) is 6.11. The van der Waals surface area contributed by atoms with Crippen LogP contribution in [-0.4, -0.2) is 18.5 Å². The highest BCUT2D eigenvalue weighted by atomic mass is 35.5. The molecule has 0 radical (unpaired) electrons. The average Bonchev–Trinajstić information content (AvgIpc) is 2.45. The lowest BCUT2D eigenvalue weighted by molar-refractivity contribution is -0.385. The number of hydrogen-bond donors (Lipinski definition) is 0. The van der Waals surface area contributed by atoms with E-state index in [0.29, 0.717) is 18.5 Å². The number of hydrogen-bond acceptors (Lipinski definition) is 3. The van der Waals surface area contributed by atoms with E-state index in [1.165, 1.54) is 18.2 Å². The topological polar surface area (TPSA) is 46.4 Å². The molecule has 2 aromatic rings. The molecule has 0 N–H and O–H groups in total. The molecule has 2 rings (SSSR count). The zero-order chi connectivity index (χ0) is 14.5. The van der Waals surface area contributed by atoms with Gasteiger partial charge in [0, 0.05) is 30.9 Å². The van der Waals surface area contributed by atoms with E-state index in [2.05, 4.69) is 0 Å². The highest BCUT2D eigenvalue weighted by Crippen LogP contribution is 2.19. The number of nitro benzene ring substituents is 1. The van der Waals surface area contributed by atoms with E-state index in [9.17, 15) is 14.5 Å². The maximum absolute atomic E-state index is 12.8. The van der Waals surface area contributed by atoms with Gasteiger partial charge in [0.15, 0.2) is 0 Å². The van der Waals surface area contributed by atoms with Crippen molar-refractivity contribution >= 4 is 23.8 Å². The van der Waals surface area contributed by atoms with Gasteiger partial charge in [0.1, 0.15) is 5.82 Å². The normalized spacial score (nSPS) is 9.81. The predicted octanol–water partition coefficient (Wildman–Crippen LogP) is 3.83. The summed E-state index contributed by atoms with van der Waals surface area (Å²) in [6, 6.07) is 12.9. The monoisotopic (exact) mass is 310 g/mol. The summed E-state index contributed by atoms with van der Waals surface area (Å²) in [5, 5.41) is 10.9. The van der Waals surface area contributed by atoms with Gasteiger partial charge in [-0.1, -0.05) is 18.2 Å². The van der Waals surface area contributed by atoms with Crippen molar-refractivity contribution in [3.63, 3.8) is 0 Å². The van der Waals surface area contributed by atoms with Crippen LogP contribution in [0.15, 0.2) is 48.5 Å². The third kappa shape index (κ3) is 4.43. The number of benzene rings is 2. The Morgan fingerprint density at radius 2 is 1.76 bits per heavy atom. The van der Waals surface area contributed by atoms with Crippen LogP contribution in [0.25, 0.3) is 0 Å². The van der Waals surface area contributed by atoms with E-state index >= 15 is 0 Å². The maximum Gasteiger partial charge on any atom is 0.272 e. The molecular formula is C15H16ClFN2O2. The summed E-state index contributed by atoms with van der Waals surface area (Å²) < 4.78 is 12.8. The molecule has 0 fully saturated rings. The molecule has 0 heterocycles. The Labute approximate surface area is 128 Å². The van der Waals surface area contributed by atoms with Crippen molar-refractivity contribution in [1.29, 1.82) is 0 Å². The van der Waals surface area contributed by atoms with Gasteiger partial charge in [-0.2, -0.15) is 0 Å². The Bertz CT molecular complexity index is 605. The molecule has 0 saturated carbocycles. The fourth-order valence-corrected chi connectivity index (χ4v) is 2.01. The molecule has 4 nitrogen and oxygen atoms in total. The summed E-state index contributed by atoms with van der Waals surface area (Å²) in [4.78, 5) is 12.5. The zero-order valence-electron chi connectivity index (χ0n) is 11.5. The van der Waals surface area contributed by atoms with E-state index in [4.69, 9.17) is 0 Å². The lowest BCUT2D eigenvalue weighted by atomic mass is 10.1. The molecule has 0 unspecified atom stereocenters. The molecule has 0 atom stereocenters. The minimum absolute atomic E-state index is 0. The van der Waals surface area contributed by atoms with Crippen molar-refractivity contribution in [2.24, 2.45) is 0 Å². The summed E-state index contributed by atoms with van der Waals surface area (Å²) >= 11 is 0. The molecule has 0 aliphatic heterocycles. The smallest absolute Gasteiger partial charge is 0.272 e. The van der Waals surface area contributed by atoms with Crippen molar-refractivity contribution in [3.05, 3.63) is 70.0 Å². The Balaban J connectivity index is 0.00000220. The quantitative estimate of drug-likeness (QED) is 0.623. The summed E-state index contributed by atoms with van der Waals surface area (Å²) in [6.45, 7) is 0.622. The van der Waals surface area contributed by atoms with Crippen LogP contribution in [0.5, 0.6) is 0 Å². The van der Waals surface area contributed by atoms with Crippen LogP contribution in [0.2, 0.25) is 0 Å². The summed E-state index contributed by atoms with van der Waals surface area (Å²) in [7, 11) is 1.88. The number of rotatable bonds is 5. The van der Waals surface area contributed by atoms with E-state index in [1.54, 1.807) is 30.3 Å². The van der Waals surface area contributed by atoms with Crippen LogP contribution in [0.3, 0.4) is 0 Å². The fraction of sp³-hybridized carbons (Fsp3) is 0.200. The van der Waals surface area contributed by atoms with Crippen LogP contribution in [-0.2, 0) is 6.42 Å². The molecule has 0 spiro atoms. The average molecular weight is 311 g/mol. The third-order valence-corrected chi connectivity index (χ3v) is 3.17. The lowest BCUT2D eigenvalue weighted by Crippen LogP contribution is -2.20. The highest BCUT2D eigenvalue weighted by molar-refractivity contribution is 5.85. The van der Waals surface area contributed by atoms with Crippen molar-refractivity contribution in [2.75, 3.05) is 18.5 Å². The van der Waals surface area contributed by atoms with Crippen molar-refractivity contribution < 1.29 is 9.31 Å². The second-order valence-corrected chi connectivity index (χ2v) is 4.53. The molecule has 0 aliphatic rings. The van der Waals surface area contributed by atoms with Gasteiger partial charge in [-0.3, -0.25) is 10.1 Å². The molecule has 6 heteroatoms. The van der Waals surface area contributed by atoms with Gasteiger partial charge in [0.2, 0.25) is 0 Å². The SMILES string of the molecule is CN(CCc1ccccc1[N+](=O)[O-])c1ccc(F)cc1.Cl. The van der Waals surface area contributed by atoms with Gasteiger partial charge in [0.05, 0.1) is 4.92 Å². The van der Waals surface area contributed by atoms with E-state index in [1.807, 2.05) is 11.9 Å². The highest BCUT2D eigenvalue weighted by Gasteiger charge is 2.12. The van der Waals surface area contributed by atoms with Crippen molar-refractivity contribution in [1.82, 2.24) is 0 Å². The number of nitro groups is 1. The molecule has 0 saturated heterocycles. The van der Waals surface area contributed by atoms with Gasteiger partial charge in [-0.05, 0) is 30.7 Å². The van der Waals surface area contributed by atoms with Gasteiger partial charge in [0.25, 0.3) is 5.69 Å². The van der Waals surface area contributed by atoms with Crippen molar-refractivity contribution in [3.8, 4) is 0 Å². The molecule has 0 aromatic heterocycles. The second kappa shape index (κ2) is 7.59. The molecule has 112 valence electrons. The first kappa shape index (κ1) is 16.9. The van der Waals surface area contributed by atoms with Gasteiger partial charge >= 0.3 is 0 Å². The Hall–Kier alpha value is -2.14. The number of anilines is 1. The van der Waals surface area contributed by atoms with E-state index in [-0.39, 0.29) is 28.8 Å².